The van der Waals surface area contributed by atoms with Crippen LogP contribution in [0.15, 0.2) is 6.07 Å². The van der Waals surface area contributed by atoms with E-state index in [9.17, 15) is 4.79 Å². The standard InChI is InChI=1S/C18H29N5O2/c1-14(24)20-12-17-2-3-18(25-17)4-7-22(8-5-18)13-15-10-16-11-19-6-9-23(16)21-15/h10,17,19H,2-9,11-13H2,1H3,(H,20,24)/t17-/m1/s1. The lowest BCUT2D eigenvalue weighted by molar-refractivity contribution is -0.120. The number of fused-ring (bicyclic) bond motifs is 1. The Labute approximate surface area is 149 Å². The Morgan fingerprint density at radius 3 is 3.00 bits per heavy atom. The van der Waals surface area contributed by atoms with Gasteiger partial charge >= 0.3 is 0 Å². The summed E-state index contributed by atoms with van der Waals surface area (Å²) >= 11 is 0. The highest BCUT2D eigenvalue weighted by Crippen LogP contribution is 2.38. The van der Waals surface area contributed by atoms with Gasteiger partial charge < -0.3 is 15.4 Å². The fourth-order valence-electron chi connectivity index (χ4n) is 4.34. The van der Waals surface area contributed by atoms with Crippen molar-refractivity contribution in [3.8, 4) is 0 Å². The van der Waals surface area contributed by atoms with Crippen LogP contribution in [0.2, 0.25) is 0 Å². The minimum Gasteiger partial charge on any atom is -0.370 e. The van der Waals surface area contributed by atoms with Crippen molar-refractivity contribution in [3.05, 3.63) is 17.5 Å². The molecule has 1 atom stereocenters. The van der Waals surface area contributed by atoms with E-state index in [2.05, 4.69) is 26.3 Å². The molecule has 2 saturated heterocycles. The summed E-state index contributed by atoms with van der Waals surface area (Å²) in [5.41, 5.74) is 2.52. The van der Waals surface area contributed by atoms with E-state index in [1.54, 1.807) is 6.92 Å². The molecule has 2 N–H and O–H groups in total. The van der Waals surface area contributed by atoms with Gasteiger partial charge in [0.05, 0.1) is 29.6 Å². The van der Waals surface area contributed by atoms with Gasteiger partial charge in [-0.3, -0.25) is 14.4 Å². The number of ether oxygens (including phenoxy) is 1. The number of nitrogens with zero attached hydrogens (tertiary/aromatic N) is 3. The van der Waals surface area contributed by atoms with Crippen LogP contribution in [0.3, 0.4) is 0 Å². The monoisotopic (exact) mass is 347 g/mol. The molecule has 7 heteroatoms. The first-order valence-electron chi connectivity index (χ1n) is 9.53. The van der Waals surface area contributed by atoms with Crippen molar-refractivity contribution >= 4 is 5.91 Å². The van der Waals surface area contributed by atoms with Crippen LogP contribution in [-0.2, 0) is 29.2 Å². The summed E-state index contributed by atoms with van der Waals surface area (Å²) in [5, 5.41) is 11.0. The normalized spacial score (nSPS) is 25.9. The van der Waals surface area contributed by atoms with Gasteiger partial charge in [0, 0.05) is 46.2 Å². The second kappa shape index (κ2) is 7.05. The van der Waals surface area contributed by atoms with Gasteiger partial charge in [-0.05, 0) is 31.7 Å². The van der Waals surface area contributed by atoms with Crippen molar-refractivity contribution in [2.75, 3.05) is 26.2 Å². The zero-order valence-electron chi connectivity index (χ0n) is 15.1. The van der Waals surface area contributed by atoms with E-state index in [0.717, 1.165) is 65.0 Å². The van der Waals surface area contributed by atoms with Crippen molar-refractivity contribution in [2.24, 2.45) is 0 Å². The molecular weight excluding hydrogens is 318 g/mol. The molecule has 7 nitrogen and oxygen atoms in total. The second-order valence-corrected chi connectivity index (χ2v) is 7.70. The molecule has 4 heterocycles. The van der Waals surface area contributed by atoms with E-state index < -0.39 is 0 Å². The summed E-state index contributed by atoms with van der Waals surface area (Å²) in [5.74, 6) is 0.0253. The molecule has 1 amide bonds. The average molecular weight is 347 g/mol. The average Bonchev–Trinajstić information content (AvgIpc) is 3.19. The minimum absolute atomic E-state index is 0.0253. The number of carbonyl (C=O) groups is 1. The number of likely N-dealkylation sites (tertiary alicyclic amines) is 1. The molecule has 0 bridgehead atoms. The van der Waals surface area contributed by atoms with E-state index in [1.807, 2.05) is 0 Å². The Morgan fingerprint density at radius 2 is 2.24 bits per heavy atom. The van der Waals surface area contributed by atoms with Crippen LogP contribution < -0.4 is 10.6 Å². The van der Waals surface area contributed by atoms with Crippen LogP contribution >= 0.6 is 0 Å². The predicted molar refractivity (Wildman–Crippen MR) is 94.0 cm³/mol. The predicted octanol–water partition coefficient (Wildman–Crippen LogP) is 0.636. The first-order chi connectivity index (χ1) is 12.1. The molecule has 3 aliphatic heterocycles. The van der Waals surface area contributed by atoms with Crippen molar-refractivity contribution in [1.82, 2.24) is 25.3 Å². The fourth-order valence-corrected chi connectivity index (χ4v) is 4.34. The lowest BCUT2D eigenvalue weighted by Gasteiger charge is -2.39. The van der Waals surface area contributed by atoms with Crippen LogP contribution in [0.25, 0.3) is 0 Å². The van der Waals surface area contributed by atoms with Gasteiger partial charge in [0.25, 0.3) is 0 Å². The largest absolute Gasteiger partial charge is 0.370 e. The number of nitrogens with one attached hydrogen (secondary N) is 2. The van der Waals surface area contributed by atoms with Gasteiger partial charge in [-0.15, -0.1) is 0 Å². The summed E-state index contributed by atoms with van der Waals surface area (Å²) in [6.07, 6.45) is 4.52. The summed E-state index contributed by atoms with van der Waals surface area (Å²) in [4.78, 5) is 13.6. The Kier molecular flexibility index (Phi) is 4.80. The summed E-state index contributed by atoms with van der Waals surface area (Å²) < 4.78 is 8.48. The van der Waals surface area contributed by atoms with E-state index in [0.29, 0.717) is 6.54 Å². The van der Waals surface area contributed by atoms with Crippen LogP contribution in [0.1, 0.15) is 44.0 Å². The zero-order chi connectivity index (χ0) is 17.3. The molecule has 138 valence electrons. The highest BCUT2D eigenvalue weighted by molar-refractivity contribution is 5.72. The van der Waals surface area contributed by atoms with Gasteiger partial charge in [0.1, 0.15) is 0 Å². The van der Waals surface area contributed by atoms with Crippen LogP contribution in [0, 0.1) is 0 Å². The highest BCUT2D eigenvalue weighted by Gasteiger charge is 2.42. The third-order valence-electron chi connectivity index (χ3n) is 5.79. The van der Waals surface area contributed by atoms with Crippen LogP contribution in [0.5, 0.6) is 0 Å². The summed E-state index contributed by atoms with van der Waals surface area (Å²) in [6.45, 7) is 8.19. The molecule has 1 aromatic heterocycles. The Balaban J connectivity index is 1.27. The second-order valence-electron chi connectivity index (χ2n) is 7.70. The Bertz CT molecular complexity index is 597. The summed E-state index contributed by atoms with van der Waals surface area (Å²) in [7, 11) is 0. The van der Waals surface area contributed by atoms with E-state index in [-0.39, 0.29) is 17.6 Å². The van der Waals surface area contributed by atoms with Crippen molar-refractivity contribution < 1.29 is 9.53 Å². The lowest BCUT2D eigenvalue weighted by Crippen LogP contribution is -2.44. The Hall–Kier alpha value is -1.44. The maximum atomic E-state index is 11.1. The van der Waals surface area contributed by atoms with E-state index >= 15 is 0 Å². The first-order valence-corrected chi connectivity index (χ1v) is 9.53. The van der Waals surface area contributed by atoms with Gasteiger partial charge in [0.15, 0.2) is 0 Å². The number of aromatic nitrogens is 2. The SMILES string of the molecule is CC(=O)NC[C@H]1CCC2(CCN(Cc3cc4n(n3)CCNC4)CC2)O1. The molecular formula is C18H29N5O2. The summed E-state index contributed by atoms with van der Waals surface area (Å²) in [6, 6.07) is 2.24. The van der Waals surface area contributed by atoms with Crippen LogP contribution in [0.4, 0.5) is 0 Å². The molecule has 0 aliphatic carbocycles. The maximum Gasteiger partial charge on any atom is 0.216 e. The molecule has 0 aromatic carbocycles. The van der Waals surface area contributed by atoms with E-state index in [4.69, 9.17) is 9.84 Å². The molecule has 1 aromatic rings. The topological polar surface area (TPSA) is 71.4 Å². The van der Waals surface area contributed by atoms with Gasteiger partial charge in [-0.25, -0.2) is 0 Å². The molecule has 1 spiro atoms. The molecule has 0 saturated carbocycles. The number of piperidine rings is 1. The molecule has 4 rings (SSSR count). The lowest BCUT2D eigenvalue weighted by atomic mass is 9.88. The number of hydrogen-bond acceptors (Lipinski definition) is 5. The quantitative estimate of drug-likeness (QED) is 0.836. The molecule has 0 unspecified atom stereocenters. The number of hydrogen-bond donors (Lipinski definition) is 2. The third-order valence-corrected chi connectivity index (χ3v) is 5.79. The molecule has 25 heavy (non-hydrogen) atoms. The number of rotatable bonds is 4. The highest BCUT2D eigenvalue weighted by atomic mass is 16.5. The van der Waals surface area contributed by atoms with Gasteiger partial charge in [0.2, 0.25) is 5.91 Å². The molecule has 3 aliphatic rings. The van der Waals surface area contributed by atoms with Gasteiger partial charge in [-0.1, -0.05) is 0 Å². The van der Waals surface area contributed by atoms with Gasteiger partial charge in [-0.2, -0.15) is 5.10 Å². The van der Waals surface area contributed by atoms with Crippen LogP contribution in [-0.4, -0.2) is 58.5 Å². The smallest absolute Gasteiger partial charge is 0.216 e. The Morgan fingerprint density at radius 1 is 1.40 bits per heavy atom. The number of carbonyl (C=O) groups excluding carboxylic acids is 1. The van der Waals surface area contributed by atoms with Crippen molar-refractivity contribution in [3.63, 3.8) is 0 Å². The van der Waals surface area contributed by atoms with Crippen molar-refractivity contribution in [1.29, 1.82) is 0 Å². The third kappa shape index (κ3) is 3.88. The van der Waals surface area contributed by atoms with Crippen molar-refractivity contribution in [2.45, 2.75) is 63.9 Å². The molecule has 0 radical (unpaired) electrons. The van der Waals surface area contributed by atoms with E-state index in [1.165, 1.54) is 11.4 Å². The zero-order valence-corrected chi connectivity index (χ0v) is 15.1. The number of amides is 1. The fraction of sp³-hybridized carbons (Fsp3) is 0.778. The maximum absolute atomic E-state index is 11.1. The first kappa shape index (κ1) is 17.0. The minimum atomic E-state index is 0.0253. The molecule has 2 fully saturated rings.